The molecule has 0 aromatic carbocycles. The zero-order valence-corrected chi connectivity index (χ0v) is 12.0. The topological polar surface area (TPSA) is 55.4 Å². The minimum absolute atomic E-state index is 0.156. The molecule has 0 radical (unpaired) electrons. The molecule has 3 atom stereocenters. The summed E-state index contributed by atoms with van der Waals surface area (Å²) in [6, 6.07) is 0.156. The Bertz CT molecular complexity index is 349. The molecule has 5 heteroatoms. The first-order valence-electron chi connectivity index (χ1n) is 7.11. The maximum Gasteiger partial charge on any atom is 0.151 e. The van der Waals surface area contributed by atoms with Gasteiger partial charge in [0, 0.05) is 18.9 Å². The van der Waals surface area contributed by atoms with E-state index in [9.17, 15) is 8.42 Å². The van der Waals surface area contributed by atoms with Crippen LogP contribution in [0.15, 0.2) is 0 Å². The van der Waals surface area contributed by atoms with Crippen LogP contribution in [0.25, 0.3) is 0 Å². The summed E-state index contributed by atoms with van der Waals surface area (Å²) < 4.78 is 29.0. The third kappa shape index (κ3) is 3.93. The van der Waals surface area contributed by atoms with Gasteiger partial charge in [-0.2, -0.15) is 0 Å². The van der Waals surface area contributed by atoms with Crippen LogP contribution < -0.4 is 5.32 Å². The number of rotatable bonds is 5. The highest BCUT2D eigenvalue weighted by Crippen LogP contribution is 2.25. The number of hydrogen-bond acceptors (Lipinski definition) is 4. The highest BCUT2D eigenvalue weighted by Gasteiger charge is 2.34. The van der Waals surface area contributed by atoms with E-state index in [-0.39, 0.29) is 11.3 Å². The van der Waals surface area contributed by atoms with E-state index in [1.165, 1.54) is 19.1 Å². The lowest BCUT2D eigenvalue weighted by Gasteiger charge is -2.24. The molecule has 1 N–H and O–H groups in total. The van der Waals surface area contributed by atoms with Crippen LogP contribution in [0.2, 0.25) is 0 Å². The number of nitrogens with one attached hydrogen (secondary N) is 1. The summed E-state index contributed by atoms with van der Waals surface area (Å²) in [5.74, 6) is 0. The average molecular weight is 275 g/mol. The summed E-state index contributed by atoms with van der Waals surface area (Å²) in [7, 11) is -2.90. The van der Waals surface area contributed by atoms with E-state index in [1.54, 1.807) is 0 Å². The molecule has 1 heterocycles. The fraction of sp³-hybridized carbons (Fsp3) is 1.00. The van der Waals surface area contributed by atoms with E-state index in [4.69, 9.17) is 4.74 Å². The van der Waals surface area contributed by atoms with Gasteiger partial charge in [0.1, 0.15) is 0 Å². The smallest absolute Gasteiger partial charge is 0.151 e. The summed E-state index contributed by atoms with van der Waals surface area (Å²) in [4.78, 5) is 0. The van der Waals surface area contributed by atoms with E-state index in [0.717, 1.165) is 45.3 Å². The summed E-state index contributed by atoms with van der Waals surface area (Å²) >= 11 is 0. The molecule has 0 amide bonds. The van der Waals surface area contributed by atoms with Crippen LogP contribution in [0.3, 0.4) is 0 Å². The molecule has 18 heavy (non-hydrogen) atoms. The molecule has 0 bridgehead atoms. The lowest BCUT2D eigenvalue weighted by atomic mass is 10.1. The van der Waals surface area contributed by atoms with E-state index < -0.39 is 9.84 Å². The maximum absolute atomic E-state index is 11.6. The van der Waals surface area contributed by atoms with Gasteiger partial charge in [-0.25, -0.2) is 8.42 Å². The van der Waals surface area contributed by atoms with Gasteiger partial charge in [0.05, 0.1) is 11.4 Å². The van der Waals surface area contributed by atoms with Crippen LogP contribution in [-0.2, 0) is 14.6 Å². The second-order valence-corrected chi connectivity index (χ2v) is 7.90. The van der Waals surface area contributed by atoms with Gasteiger partial charge >= 0.3 is 0 Å². The molecule has 1 saturated carbocycles. The molecule has 2 fully saturated rings. The normalized spacial score (nSPS) is 33.7. The molecule has 2 rings (SSSR count). The third-order valence-electron chi connectivity index (χ3n) is 4.15. The van der Waals surface area contributed by atoms with Crippen LogP contribution in [0.1, 0.15) is 44.9 Å². The van der Waals surface area contributed by atoms with Gasteiger partial charge in [0.2, 0.25) is 0 Å². The Balaban J connectivity index is 1.72. The van der Waals surface area contributed by atoms with Gasteiger partial charge in [0.25, 0.3) is 0 Å². The van der Waals surface area contributed by atoms with Crippen molar-refractivity contribution in [3.63, 3.8) is 0 Å². The first-order valence-corrected chi connectivity index (χ1v) is 9.06. The number of ether oxygens (including phenoxy) is 1. The standard InChI is InChI=1S/C13H25NO3S/c1-18(15,16)13-7-4-6-12(13)14-9-8-11-5-2-3-10-17-11/h11-14H,2-10H2,1H3. The van der Waals surface area contributed by atoms with Gasteiger partial charge in [-0.1, -0.05) is 6.42 Å². The third-order valence-corrected chi connectivity index (χ3v) is 5.81. The Kier molecular flexibility index (Phi) is 5.04. The van der Waals surface area contributed by atoms with Crippen molar-refractivity contribution in [1.29, 1.82) is 0 Å². The second kappa shape index (κ2) is 6.35. The Morgan fingerprint density at radius 2 is 2.00 bits per heavy atom. The van der Waals surface area contributed by atoms with Crippen molar-refractivity contribution < 1.29 is 13.2 Å². The first-order chi connectivity index (χ1) is 8.57. The molecular formula is C13H25NO3S. The fourth-order valence-electron chi connectivity index (χ4n) is 3.14. The highest BCUT2D eigenvalue weighted by molar-refractivity contribution is 7.91. The van der Waals surface area contributed by atoms with Crippen molar-refractivity contribution in [3.8, 4) is 0 Å². The molecule has 0 spiro atoms. The van der Waals surface area contributed by atoms with Crippen molar-refractivity contribution >= 4 is 9.84 Å². The molecule has 1 saturated heterocycles. The molecule has 0 aromatic heterocycles. The summed E-state index contributed by atoms with van der Waals surface area (Å²) in [5, 5.41) is 3.25. The fourth-order valence-corrected chi connectivity index (χ4v) is 4.56. The molecule has 0 aromatic rings. The zero-order chi connectivity index (χ0) is 13.0. The largest absolute Gasteiger partial charge is 0.378 e. The highest BCUT2D eigenvalue weighted by atomic mass is 32.2. The summed E-state index contributed by atoms with van der Waals surface area (Å²) in [6.07, 6.45) is 9.18. The molecule has 106 valence electrons. The van der Waals surface area contributed by atoms with Gasteiger partial charge in [-0.3, -0.25) is 0 Å². The number of sulfone groups is 1. The van der Waals surface area contributed by atoms with E-state index in [0.29, 0.717) is 6.10 Å². The molecule has 1 aliphatic carbocycles. The van der Waals surface area contributed by atoms with Gasteiger partial charge in [0.15, 0.2) is 9.84 Å². The first kappa shape index (κ1) is 14.3. The summed E-state index contributed by atoms with van der Waals surface area (Å²) in [6.45, 7) is 1.77. The zero-order valence-electron chi connectivity index (χ0n) is 11.2. The predicted molar refractivity (Wildman–Crippen MR) is 72.5 cm³/mol. The van der Waals surface area contributed by atoms with Crippen LogP contribution in [-0.4, -0.2) is 45.2 Å². The van der Waals surface area contributed by atoms with Crippen molar-refractivity contribution in [2.45, 2.75) is 62.3 Å². The summed E-state index contributed by atoms with van der Waals surface area (Å²) in [5.41, 5.74) is 0. The predicted octanol–water partition coefficient (Wildman–Crippen LogP) is 1.50. The average Bonchev–Trinajstić information content (AvgIpc) is 2.78. The van der Waals surface area contributed by atoms with Gasteiger partial charge in [-0.15, -0.1) is 0 Å². The minimum Gasteiger partial charge on any atom is -0.378 e. The molecule has 3 unspecified atom stereocenters. The molecule has 2 aliphatic rings. The Morgan fingerprint density at radius 1 is 1.17 bits per heavy atom. The van der Waals surface area contributed by atoms with E-state index in [2.05, 4.69) is 5.32 Å². The van der Waals surface area contributed by atoms with Gasteiger partial charge < -0.3 is 10.1 Å². The lowest BCUT2D eigenvalue weighted by molar-refractivity contribution is 0.0112. The SMILES string of the molecule is CS(=O)(=O)C1CCCC1NCCC1CCCCO1. The minimum atomic E-state index is -2.90. The molecule has 1 aliphatic heterocycles. The van der Waals surface area contributed by atoms with Crippen molar-refractivity contribution in [2.75, 3.05) is 19.4 Å². The molecular weight excluding hydrogens is 250 g/mol. The van der Waals surface area contributed by atoms with Crippen molar-refractivity contribution in [2.24, 2.45) is 0 Å². The monoisotopic (exact) mass is 275 g/mol. The van der Waals surface area contributed by atoms with E-state index in [1.807, 2.05) is 0 Å². The molecule has 4 nitrogen and oxygen atoms in total. The van der Waals surface area contributed by atoms with Crippen LogP contribution in [0.4, 0.5) is 0 Å². The lowest BCUT2D eigenvalue weighted by Crippen LogP contribution is -2.41. The van der Waals surface area contributed by atoms with Crippen LogP contribution >= 0.6 is 0 Å². The Morgan fingerprint density at radius 3 is 2.67 bits per heavy atom. The Hall–Kier alpha value is -0.130. The quantitative estimate of drug-likeness (QED) is 0.826. The van der Waals surface area contributed by atoms with E-state index >= 15 is 0 Å². The van der Waals surface area contributed by atoms with Crippen molar-refractivity contribution in [3.05, 3.63) is 0 Å². The van der Waals surface area contributed by atoms with Crippen LogP contribution in [0, 0.1) is 0 Å². The van der Waals surface area contributed by atoms with Gasteiger partial charge in [-0.05, 0) is 45.1 Å². The Labute approximate surface area is 110 Å². The number of hydrogen-bond donors (Lipinski definition) is 1. The van der Waals surface area contributed by atoms with Crippen LogP contribution in [0.5, 0.6) is 0 Å². The maximum atomic E-state index is 11.6. The second-order valence-electron chi connectivity index (χ2n) is 5.64. The van der Waals surface area contributed by atoms with Crippen molar-refractivity contribution in [1.82, 2.24) is 5.32 Å².